The average molecular weight is 313 g/mol. The van der Waals surface area contributed by atoms with E-state index in [-0.39, 0.29) is 11.9 Å². The van der Waals surface area contributed by atoms with Gasteiger partial charge in [0.1, 0.15) is 0 Å². The predicted molar refractivity (Wildman–Crippen MR) is 89.2 cm³/mol. The molecule has 1 unspecified atom stereocenters. The first-order valence-corrected chi connectivity index (χ1v) is 8.91. The van der Waals surface area contributed by atoms with Crippen molar-refractivity contribution >= 4 is 38.7 Å². The summed E-state index contributed by atoms with van der Waals surface area (Å²) in [6.07, 6.45) is 2.17. The van der Waals surface area contributed by atoms with Crippen molar-refractivity contribution in [2.45, 2.75) is 18.9 Å². The Labute approximate surface area is 131 Å². The van der Waals surface area contributed by atoms with Crippen molar-refractivity contribution in [1.82, 2.24) is 4.90 Å². The molecule has 2 aromatic heterocycles. The maximum absolute atomic E-state index is 13.0. The van der Waals surface area contributed by atoms with Crippen molar-refractivity contribution in [2.24, 2.45) is 0 Å². The number of fused-ring (bicyclic) bond motifs is 1. The van der Waals surface area contributed by atoms with Gasteiger partial charge >= 0.3 is 0 Å². The maximum atomic E-state index is 13.0. The molecule has 0 aliphatic carbocycles. The summed E-state index contributed by atoms with van der Waals surface area (Å²) in [5.41, 5.74) is 0.860. The van der Waals surface area contributed by atoms with Crippen LogP contribution in [0.5, 0.6) is 0 Å². The first-order valence-electron chi connectivity index (χ1n) is 7.15. The molecule has 4 heteroatoms. The van der Waals surface area contributed by atoms with Gasteiger partial charge in [0, 0.05) is 26.9 Å². The third-order valence-electron chi connectivity index (χ3n) is 4.10. The summed E-state index contributed by atoms with van der Waals surface area (Å²) in [6.45, 7) is 0.867. The standard InChI is InChI=1S/C17H15NOS2/c19-17(13-11-21-15-7-2-1-5-12(13)15)18-9-3-6-14(18)16-8-4-10-20-16/h1-2,4-5,7-8,10-11,14H,3,6,9H2. The Morgan fingerprint density at radius 2 is 2.05 bits per heavy atom. The lowest BCUT2D eigenvalue weighted by atomic mass is 10.1. The number of rotatable bonds is 2. The SMILES string of the molecule is O=C(c1csc2ccccc12)N1CCCC1c1cccs1. The van der Waals surface area contributed by atoms with E-state index in [2.05, 4.69) is 34.5 Å². The fourth-order valence-electron chi connectivity index (χ4n) is 3.08. The maximum Gasteiger partial charge on any atom is 0.255 e. The van der Waals surface area contributed by atoms with Crippen molar-refractivity contribution in [3.8, 4) is 0 Å². The Morgan fingerprint density at radius 3 is 2.90 bits per heavy atom. The van der Waals surface area contributed by atoms with E-state index >= 15 is 0 Å². The molecule has 2 nitrogen and oxygen atoms in total. The second-order valence-corrected chi connectivity index (χ2v) is 7.21. The molecule has 4 rings (SSSR count). The molecule has 21 heavy (non-hydrogen) atoms. The Hall–Kier alpha value is -1.65. The number of benzene rings is 1. The second kappa shape index (κ2) is 5.28. The van der Waals surface area contributed by atoms with Crippen molar-refractivity contribution in [2.75, 3.05) is 6.54 Å². The van der Waals surface area contributed by atoms with Crippen LogP contribution in [0.2, 0.25) is 0 Å². The molecule has 1 saturated heterocycles. The quantitative estimate of drug-likeness (QED) is 0.656. The largest absolute Gasteiger partial charge is 0.331 e. The normalized spacial score (nSPS) is 18.5. The van der Waals surface area contributed by atoms with Crippen molar-refractivity contribution in [1.29, 1.82) is 0 Å². The second-order valence-electron chi connectivity index (χ2n) is 5.32. The highest BCUT2D eigenvalue weighted by atomic mass is 32.1. The molecular formula is C17H15NOS2. The monoisotopic (exact) mass is 313 g/mol. The van der Waals surface area contributed by atoms with Crippen molar-refractivity contribution in [3.63, 3.8) is 0 Å². The fraction of sp³-hybridized carbons (Fsp3) is 0.235. The molecule has 0 bridgehead atoms. The lowest BCUT2D eigenvalue weighted by Crippen LogP contribution is -2.29. The van der Waals surface area contributed by atoms with Gasteiger partial charge in [0.2, 0.25) is 0 Å². The third-order valence-corrected chi connectivity index (χ3v) is 6.03. The van der Waals surface area contributed by atoms with Crippen LogP contribution in [-0.4, -0.2) is 17.4 Å². The fourth-order valence-corrected chi connectivity index (χ4v) is 4.89. The lowest BCUT2D eigenvalue weighted by Gasteiger charge is -2.23. The summed E-state index contributed by atoms with van der Waals surface area (Å²) >= 11 is 3.41. The molecule has 1 fully saturated rings. The zero-order chi connectivity index (χ0) is 14.2. The van der Waals surface area contributed by atoms with E-state index in [1.54, 1.807) is 22.7 Å². The lowest BCUT2D eigenvalue weighted by molar-refractivity contribution is 0.0740. The first-order chi connectivity index (χ1) is 10.3. The number of carbonyl (C=O) groups is 1. The molecule has 0 saturated carbocycles. The minimum Gasteiger partial charge on any atom is -0.331 e. The zero-order valence-electron chi connectivity index (χ0n) is 11.5. The molecule has 106 valence electrons. The van der Waals surface area contributed by atoms with Crippen LogP contribution >= 0.6 is 22.7 Å². The minimum atomic E-state index is 0.184. The number of amides is 1. The van der Waals surface area contributed by atoms with Gasteiger partial charge in [-0.25, -0.2) is 0 Å². The van der Waals surface area contributed by atoms with Crippen LogP contribution in [0.3, 0.4) is 0 Å². The summed E-state index contributed by atoms with van der Waals surface area (Å²) in [7, 11) is 0. The van der Waals surface area contributed by atoms with Crippen LogP contribution in [0.15, 0.2) is 47.2 Å². The molecule has 1 aromatic carbocycles. The Balaban J connectivity index is 1.71. The molecule has 3 aromatic rings. The average Bonchev–Trinajstić information content (AvgIpc) is 3.25. The topological polar surface area (TPSA) is 20.3 Å². The third kappa shape index (κ3) is 2.19. The highest BCUT2D eigenvalue weighted by Crippen LogP contribution is 2.37. The molecule has 1 amide bonds. The van der Waals surface area contributed by atoms with Crippen LogP contribution in [0.4, 0.5) is 0 Å². The van der Waals surface area contributed by atoms with E-state index in [9.17, 15) is 4.79 Å². The van der Waals surface area contributed by atoms with Crippen LogP contribution in [0.25, 0.3) is 10.1 Å². The highest BCUT2D eigenvalue weighted by Gasteiger charge is 2.32. The van der Waals surface area contributed by atoms with E-state index in [4.69, 9.17) is 0 Å². The molecule has 1 aliphatic rings. The summed E-state index contributed by atoms with van der Waals surface area (Å²) < 4.78 is 1.19. The minimum absolute atomic E-state index is 0.184. The number of thiophene rings is 2. The molecule has 1 atom stereocenters. The van der Waals surface area contributed by atoms with Gasteiger partial charge < -0.3 is 4.90 Å². The van der Waals surface area contributed by atoms with E-state index < -0.39 is 0 Å². The van der Waals surface area contributed by atoms with E-state index in [1.165, 1.54) is 9.58 Å². The van der Waals surface area contributed by atoms with E-state index in [0.717, 1.165) is 30.3 Å². The van der Waals surface area contributed by atoms with Crippen LogP contribution in [0, 0.1) is 0 Å². The molecule has 0 spiro atoms. The van der Waals surface area contributed by atoms with Crippen molar-refractivity contribution in [3.05, 3.63) is 57.6 Å². The van der Waals surface area contributed by atoms with Gasteiger partial charge in [-0.1, -0.05) is 24.3 Å². The molecule has 3 heterocycles. The van der Waals surface area contributed by atoms with Crippen molar-refractivity contribution < 1.29 is 4.79 Å². The van der Waals surface area contributed by atoms with Gasteiger partial charge in [0.15, 0.2) is 0 Å². The number of nitrogens with zero attached hydrogens (tertiary/aromatic N) is 1. The van der Waals surface area contributed by atoms with E-state index in [0.29, 0.717) is 0 Å². The number of hydrogen-bond acceptors (Lipinski definition) is 3. The summed E-state index contributed by atoms with van der Waals surface area (Å²) in [5.74, 6) is 0.184. The first kappa shape index (κ1) is 13.0. The van der Waals surface area contributed by atoms with Crippen LogP contribution in [0.1, 0.15) is 34.1 Å². The number of likely N-dealkylation sites (tertiary alicyclic amines) is 1. The van der Waals surface area contributed by atoms with Gasteiger partial charge in [-0.15, -0.1) is 22.7 Å². The Morgan fingerprint density at radius 1 is 1.14 bits per heavy atom. The zero-order valence-corrected chi connectivity index (χ0v) is 13.1. The summed E-state index contributed by atoms with van der Waals surface area (Å²) in [4.78, 5) is 16.3. The van der Waals surface area contributed by atoms with Gasteiger partial charge in [-0.3, -0.25) is 4.79 Å². The summed E-state index contributed by atoms with van der Waals surface area (Å²) in [6, 6.07) is 12.6. The van der Waals surface area contributed by atoms with Gasteiger partial charge in [0.05, 0.1) is 11.6 Å². The van der Waals surface area contributed by atoms with Gasteiger partial charge in [-0.2, -0.15) is 0 Å². The number of carbonyl (C=O) groups excluding carboxylic acids is 1. The molecule has 0 radical (unpaired) electrons. The van der Waals surface area contributed by atoms with Crippen LogP contribution < -0.4 is 0 Å². The highest BCUT2D eigenvalue weighted by molar-refractivity contribution is 7.17. The summed E-state index contributed by atoms with van der Waals surface area (Å²) in [5, 5.41) is 5.19. The predicted octanol–water partition coefficient (Wildman–Crippen LogP) is 4.94. The van der Waals surface area contributed by atoms with E-state index in [1.807, 2.05) is 17.5 Å². The van der Waals surface area contributed by atoms with Crippen LogP contribution in [-0.2, 0) is 0 Å². The molecule has 0 N–H and O–H groups in total. The number of hydrogen-bond donors (Lipinski definition) is 0. The Kier molecular flexibility index (Phi) is 3.28. The smallest absolute Gasteiger partial charge is 0.255 e. The van der Waals surface area contributed by atoms with Gasteiger partial charge in [0.25, 0.3) is 5.91 Å². The Bertz CT molecular complexity index is 775. The molecule has 1 aliphatic heterocycles. The molecular weight excluding hydrogens is 298 g/mol. The van der Waals surface area contributed by atoms with Gasteiger partial charge in [-0.05, 0) is 30.4 Å².